The molecule has 5 rings (SSSR count). The number of Topliss-reactive ketones (excluding diaryl/α,β-unsaturated/α-hetero) is 2. The third kappa shape index (κ3) is 9.33. The van der Waals surface area contributed by atoms with Crippen molar-refractivity contribution in [1.29, 1.82) is 0 Å². The fourth-order valence-electron chi connectivity index (χ4n) is 9.43. The van der Waals surface area contributed by atoms with Crippen LogP contribution in [0.15, 0.2) is 37.1 Å². The molecule has 0 aliphatic carbocycles. The van der Waals surface area contributed by atoms with Crippen LogP contribution in [0.25, 0.3) is 11.3 Å². The van der Waals surface area contributed by atoms with Gasteiger partial charge in [-0.2, -0.15) is 0 Å². The first-order valence-electron chi connectivity index (χ1n) is 20.8. The lowest BCUT2D eigenvalue weighted by molar-refractivity contribution is -0.295. The number of imidazole rings is 1. The minimum Gasteiger partial charge on any atom is -0.458 e. The molecule has 15 nitrogen and oxygen atoms in total. The number of rotatable bonds is 11. The Morgan fingerprint density at radius 2 is 1.72 bits per heavy atom. The van der Waals surface area contributed by atoms with Gasteiger partial charge in [0.25, 0.3) is 0 Å². The number of nitrogens with zero attached hydrogens (tertiary/aromatic N) is 5. The molecular formula is C43H65N5O10. The van der Waals surface area contributed by atoms with Crippen molar-refractivity contribution in [2.24, 2.45) is 23.7 Å². The summed E-state index contributed by atoms with van der Waals surface area (Å²) in [4.78, 5) is 69.0. The van der Waals surface area contributed by atoms with E-state index in [1.165, 1.54) is 14.0 Å². The van der Waals surface area contributed by atoms with Crippen molar-refractivity contribution in [2.45, 2.75) is 148 Å². The third-order valence-electron chi connectivity index (χ3n) is 12.8. The normalized spacial score (nSPS) is 36.7. The Morgan fingerprint density at radius 3 is 2.36 bits per heavy atom. The quantitative estimate of drug-likeness (QED) is 0.184. The molecule has 1 amide bonds. The van der Waals surface area contributed by atoms with E-state index in [4.69, 9.17) is 23.7 Å². The number of cyclic esters (lactones) is 1. The van der Waals surface area contributed by atoms with E-state index in [0.717, 1.165) is 11.3 Å². The largest absolute Gasteiger partial charge is 0.458 e. The number of aliphatic hydroxyl groups excluding tert-OH is 1. The number of likely N-dealkylation sites (N-methyl/N-ethyl adjacent to an activating group) is 1. The van der Waals surface area contributed by atoms with E-state index in [0.29, 0.717) is 32.4 Å². The Bertz CT molecular complexity index is 1740. The van der Waals surface area contributed by atoms with Crippen LogP contribution in [0.1, 0.15) is 87.5 Å². The SMILES string of the molecule is CC[C@@H]1OC(=O)[C@@H](C)C(=O)[C@@H](C)[C@H](O[C@H]2O[C@@H](C)C[C@@H](N(C)C)[C@@H]2O)[C@@](C)(OC)C[C@H](C)C(=O)[C@@H](C)[C@@H]2N(CCCCn3cnc(-c4cccnc4)c3)C(=O)O[C@@]12C. The average molecular weight is 812 g/mol. The van der Waals surface area contributed by atoms with E-state index in [1.807, 2.05) is 62.7 Å². The molecule has 5 heterocycles. The number of hydrogen-bond acceptors (Lipinski definition) is 13. The first-order valence-corrected chi connectivity index (χ1v) is 20.8. The van der Waals surface area contributed by atoms with Gasteiger partial charge in [0, 0.05) is 68.1 Å². The molecule has 15 heteroatoms. The predicted molar refractivity (Wildman–Crippen MR) is 214 cm³/mol. The summed E-state index contributed by atoms with van der Waals surface area (Å²) in [6.07, 6.45) is 4.45. The van der Waals surface area contributed by atoms with Gasteiger partial charge in [0.05, 0.1) is 35.9 Å². The van der Waals surface area contributed by atoms with Crippen LogP contribution in [-0.2, 0) is 44.6 Å². The number of aliphatic hydroxyl groups is 1. The standard InChI is InChI=1S/C43H65N5O10/c1-12-33-43(8)37(48(41(53)58-43)19-14-13-18-47-23-31(45-24-47)30-16-15-17-44-22-30)27(4)34(49)25(2)21-42(7,54-11)38(28(5)35(50)29(6)39(52)56-33)57-40-36(51)32(46(9)10)20-26(3)55-40/h15-17,22-29,32-33,36-38,40,51H,12-14,18-21H2,1-11H3/t25-,26-,27+,28+,29-,32+,33-,36-,37-,38-,40+,42-,43-/m0/s1. The van der Waals surface area contributed by atoms with E-state index in [-0.39, 0.29) is 30.8 Å². The number of carbonyl (C=O) groups excluding carboxylic acids is 4. The molecule has 3 fully saturated rings. The van der Waals surface area contributed by atoms with Gasteiger partial charge in [-0.05, 0) is 86.0 Å². The van der Waals surface area contributed by atoms with Gasteiger partial charge in [-0.25, -0.2) is 9.78 Å². The molecule has 2 aromatic heterocycles. The van der Waals surface area contributed by atoms with Crippen LogP contribution in [0.2, 0.25) is 0 Å². The number of methoxy groups -OCH3 is 1. The monoisotopic (exact) mass is 811 g/mol. The Kier molecular flexibility index (Phi) is 14.6. The molecule has 3 saturated heterocycles. The van der Waals surface area contributed by atoms with E-state index >= 15 is 0 Å². The minimum absolute atomic E-state index is 0.130. The number of aromatic nitrogens is 3. The second-order valence-corrected chi connectivity index (χ2v) is 17.3. The van der Waals surface area contributed by atoms with Crippen LogP contribution >= 0.6 is 0 Å². The topological polar surface area (TPSA) is 172 Å². The smallest absolute Gasteiger partial charge is 0.410 e. The molecule has 0 saturated carbocycles. The summed E-state index contributed by atoms with van der Waals surface area (Å²) < 4.78 is 33.2. The van der Waals surface area contributed by atoms with E-state index < -0.39 is 83.4 Å². The summed E-state index contributed by atoms with van der Waals surface area (Å²) >= 11 is 0. The van der Waals surface area contributed by atoms with Gasteiger partial charge >= 0.3 is 12.1 Å². The number of ether oxygens (including phenoxy) is 5. The summed E-state index contributed by atoms with van der Waals surface area (Å²) in [5.74, 6) is -4.95. The van der Waals surface area contributed by atoms with Gasteiger partial charge in [0.2, 0.25) is 0 Å². The molecule has 3 aliphatic heterocycles. The summed E-state index contributed by atoms with van der Waals surface area (Å²) in [5, 5.41) is 11.4. The van der Waals surface area contributed by atoms with Crippen LogP contribution in [0.4, 0.5) is 4.79 Å². The minimum atomic E-state index is -1.40. The summed E-state index contributed by atoms with van der Waals surface area (Å²) in [7, 11) is 5.24. The zero-order valence-electron chi connectivity index (χ0n) is 36.1. The zero-order valence-corrected chi connectivity index (χ0v) is 36.1. The molecule has 13 atom stereocenters. The molecule has 0 aromatic carbocycles. The van der Waals surface area contributed by atoms with Crippen LogP contribution in [0, 0.1) is 23.7 Å². The highest BCUT2D eigenvalue weighted by Crippen LogP contribution is 2.43. The lowest BCUT2D eigenvalue weighted by Gasteiger charge is -2.47. The number of ketones is 2. The second kappa shape index (κ2) is 18.7. The lowest BCUT2D eigenvalue weighted by Crippen LogP contribution is -2.60. The van der Waals surface area contributed by atoms with Crippen molar-refractivity contribution in [3.8, 4) is 11.3 Å². The fourth-order valence-corrected chi connectivity index (χ4v) is 9.43. The lowest BCUT2D eigenvalue weighted by atomic mass is 9.73. The predicted octanol–water partition coefficient (Wildman–Crippen LogP) is 4.93. The van der Waals surface area contributed by atoms with Crippen molar-refractivity contribution in [1.82, 2.24) is 24.3 Å². The van der Waals surface area contributed by atoms with Gasteiger partial charge in [0.1, 0.15) is 23.9 Å². The highest BCUT2D eigenvalue weighted by Gasteiger charge is 2.60. The van der Waals surface area contributed by atoms with E-state index in [2.05, 4.69) is 9.97 Å². The maximum atomic E-state index is 14.7. The number of pyridine rings is 1. The Labute approximate surface area is 343 Å². The van der Waals surface area contributed by atoms with Crippen LogP contribution < -0.4 is 0 Å². The summed E-state index contributed by atoms with van der Waals surface area (Å²) in [5.41, 5.74) is -0.938. The molecule has 2 aromatic rings. The van der Waals surface area contributed by atoms with Crippen LogP contribution in [0.3, 0.4) is 0 Å². The molecule has 3 aliphatic rings. The number of hydrogen-bond donors (Lipinski definition) is 1. The van der Waals surface area contributed by atoms with Gasteiger partial charge in [-0.1, -0.05) is 27.7 Å². The summed E-state index contributed by atoms with van der Waals surface area (Å²) in [6.45, 7) is 14.9. The molecule has 0 spiro atoms. The van der Waals surface area contributed by atoms with E-state index in [9.17, 15) is 24.3 Å². The highest BCUT2D eigenvalue weighted by molar-refractivity contribution is 6.00. The van der Waals surface area contributed by atoms with Crippen molar-refractivity contribution in [3.05, 3.63) is 37.1 Å². The molecule has 0 bridgehead atoms. The first-order chi connectivity index (χ1) is 27.4. The Balaban J connectivity index is 1.43. The van der Waals surface area contributed by atoms with E-state index in [1.54, 1.807) is 51.3 Å². The highest BCUT2D eigenvalue weighted by atomic mass is 16.7. The third-order valence-corrected chi connectivity index (χ3v) is 12.8. The number of fused-ring (bicyclic) bond motifs is 1. The second-order valence-electron chi connectivity index (χ2n) is 17.3. The van der Waals surface area contributed by atoms with Crippen molar-refractivity contribution >= 4 is 23.6 Å². The zero-order chi connectivity index (χ0) is 42.7. The van der Waals surface area contributed by atoms with Crippen molar-refractivity contribution in [3.63, 3.8) is 0 Å². The van der Waals surface area contributed by atoms with Gasteiger partial charge in [-0.15, -0.1) is 0 Å². The number of carbonyl (C=O) groups is 4. The van der Waals surface area contributed by atoms with Crippen molar-refractivity contribution in [2.75, 3.05) is 27.7 Å². The molecule has 0 unspecified atom stereocenters. The maximum absolute atomic E-state index is 14.7. The van der Waals surface area contributed by atoms with Crippen LogP contribution in [0.5, 0.6) is 0 Å². The molecule has 58 heavy (non-hydrogen) atoms. The molecular weight excluding hydrogens is 746 g/mol. The molecule has 1 N–H and O–H groups in total. The first kappa shape index (κ1) is 45.3. The fraction of sp³-hybridized carbons (Fsp3) is 0.721. The average Bonchev–Trinajstić information content (AvgIpc) is 3.78. The van der Waals surface area contributed by atoms with Crippen molar-refractivity contribution < 1.29 is 48.0 Å². The molecule has 322 valence electrons. The Hall–Kier alpha value is -3.76. The van der Waals surface area contributed by atoms with Gasteiger partial charge in [0.15, 0.2) is 17.7 Å². The number of unbranched alkanes of at least 4 members (excludes halogenated alkanes) is 1. The molecule has 0 radical (unpaired) electrons. The number of amides is 1. The maximum Gasteiger partial charge on any atom is 0.410 e. The van der Waals surface area contributed by atoms with Gasteiger partial charge in [-0.3, -0.25) is 19.4 Å². The Morgan fingerprint density at radius 1 is 1.02 bits per heavy atom. The van der Waals surface area contributed by atoms with Gasteiger partial charge < -0.3 is 43.2 Å². The summed E-state index contributed by atoms with van der Waals surface area (Å²) in [6, 6.07) is 2.74. The number of aryl methyl sites for hydroxylation is 1. The van der Waals surface area contributed by atoms with Crippen LogP contribution in [-0.4, -0.2) is 135 Å². The number of esters is 1.